The number of pyridine rings is 1. The van der Waals surface area contributed by atoms with E-state index < -0.39 is 27.9 Å². The molecule has 2 N–H and O–H groups in total. The number of sulfonamides is 1. The molecule has 8 nitrogen and oxygen atoms in total. The molecule has 0 aliphatic rings. The van der Waals surface area contributed by atoms with Gasteiger partial charge in [0.1, 0.15) is 5.82 Å². The standard InChI is InChI=1S/C25H26ClN3O5S/c1-3-34-24(30)15-22(28-25(31)20-11-12-23(27-16-20)29-35(2,32)33)13-17-7-9-18(10-8-17)19-5-4-6-21(26)14-19/h4-12,14,16,22H,3,13,15H2,1-2H3,(H,27,29)(H,28,31). The largest absolute Gasteiger partial charge is 0.466 e. The molecule has 1 amide bonds. The minimum atomic E-state index is -3.48. The minimum Gasteiger partial charge on any atom is -0.466 e. The van der Waals surface area contributed by atoms with Gasteiger partial charge in [-0.15, -0.1) is 0 Å². The summed E-state index contributed by atoms with van der Waals surface area (Å²) < 4.78 is 30.0. The van der Waals surface area contributed by atoms with Crippen LogP contribution in [-0.4, -0.2) is 44.2 Å². The molecule has 0 saturated heterocycles. The highest BCUT2D eigenvalue weighted by Crippen LogP contribution is 2.23. The maximum absolute atomic E-state index is 12.8. The number of rotatable bonds is 10. The number of nitrogens with zero attached hydrogens (tertiary/aromatic N) is 1. The molecule has 3 rings (SSSR count). The molecule has 3 aromatic rings. The molecule has 0 radical (unpaired) electrons. The molecule has 35 heavy (non-hydrogen) atoms. The van der Waals surface area contributed by atoms with Crippen LogP contribution in [0, 0.1) is 0 Å². The van der Waals surface area contributed by atoms with E-state index in [4.69, 9.17) is 16.3 Å². The number of aromatic nitrogens is 1. The first-order valence-corrected chi connectivity index (χ1v) is 13.1. The molecule has 0 aliphatic heterocycles. The van der Waals surface area contributed by atoms with Gasteiger partial charge in [-0.3, -0.25) is 14.3 Å². The molecule has 0 fully saturated rings. The predicted octanol–water partition coefficient (Wildman–Crippen LogP) is 4.07. The second kappa shape index (κ2) is 11.8. The molecule has 0 spiro atoms. The monoisotopic (exact) mass is 515 g/mol. The second-order valence-electron chi connectivity index (χ2n) is 7.90. The predicted molar refractivity (Wildman–Crippen MR) is 136 cm³/mol. The van der Waals surface area contributed by atoms with Crippen LogP contribution in [0.3, 0.4) is 0 Å². The Labute approximate surface area is 209 Å². The van der Waals surface area contributed by atoms with Crippen LogP contribution >= 0.6 is 11.6 Å². The third-order valence-electron chi connectivity index (χ3n) is 4.96. The molecular weight excluding hydrogens is 490 g/mol. The quantitative estimate of drug-likeness (QED) is 0.393. The van der Waals surface area contributed by atoms with E-state index in [-0.39, 0.29) is 24.4 Å². The summed E-state index contributed by atoms with van der Waals surface area (Å²) in [7, 11) is -3.48. The number of nitrogens with one attached hydrogen (secondary N) is 2. The highest BCUT2D eigenvalue weighted by molar-refractivity contribution is 7.92. The van der Waals surface area contributed by atoms with Crippen molar-refractivity contribution >= 4 is 39.3 Å². The van der Waals surface area contributed by atoms with Gasteiger partial charge in [-0.05, 0) is 54.3 Å². The number of hydrogen-bond acceptors (Lipinski definition) is 6. The van der Waals surface area contributed by atoms with E-state index in [0.29, 0.717) is 11.4 Å². The van der Waals surface area contributed by atoms with Crippen LogP contribution < -0.4 is 10.0 Å². The van der Waals surface area contributed by atoms with Crippen LogP contribution in [0.15, 0.2) is 66.9 Å². The summed E-state index contributed by atoms with van der Waals surface area (Å²) in [4.78, 5) is 28.9. The Kier molecular flexibility index (Phi) is 8.84. The average Bonchev–Trinajstić information content (AvgIpc) is 2.79. The fourth-order valence-electron chi connectivity index (χ4n) is 3.43. The fraction of sp³-hybridized carbons (Fsp3) is 0.240. The number of amides is 1. The zero-order valence-corrected chi connectivity index (χ0v) is 20.9. The van der Waals surface area contributed by atoms with E-state index in [0.717, 1.165) is 22.9 Å². The first-order chi connectivity index (χ1) is 16.6. The smallest absolute Gasteiger partial charge is 0.307 e. The van der Waals surface area contributed by atoms with Gasteiger partial charge in [-0.2, -0.15) is 0 Å². The average molecular weight is 516 g/mol. The number of benzene rings is 2. The lowest BCUT2D eigenvalue weighted by Gasteiger charge is -2.18. The highest BCUT2D eigenvalue weighted by Gasteiger charge is 2.19. The van der Waals surface area contributed by atoms with E-state index in [2.05, 4.69) is 15.0 Å². The zero-order chi connectivity index (χ0) is 25.4. The van der Waals surface area contributed by atoms with Gasteiger partial charge in [0.05, 0.1) is 24.8 Å². The summed E-state index contributed by atoms with van der Waals surface area (Å²) in [6.45, 7) is 1.96. The number of esters is 1. The van der Waals surface area contributed by atoms with E-state index in [9.17, 15) is 18.0 Å². The van der Waals surface area contributed by atoms with Gasteiger partial charge in [0.25, 0.3) is 5.91 Å². The lowest BCUT2D eigenvalue weighted by molar-refractivity contribution is -0.143. The number of anilines is 1. The van der Waals surface area contributed by atoms with Gasteiger partial charge in [-0.1, -0.05) is 48.0 Å². The third kappa shape index (κ3) is 8.38. The molecule has 1 aromatic heterocycles. The van der Waals surface area contributed by atoms with Gasteiger partial charge in [-0.25, -0.2) is 13.4 Å². The maximum Gasteiger partial charge on any atom is 0.307 e. The van der Waals surface area contributed by atoms with Crippen molar-refractivity contribution in [1.29, 1.82) is 0 Å². The van der Waals surface area contributed by atoms with Gasteiger partial charge in [0, 0.05) is 17.3 Å². The Hall–Kier alpha value is -3.43. The first-order valence-electron chi connectivity index (χ1n) is 10.9. The van der Waals surface area contributed by atoms with Crippen molar-refractivity contribution < 1.29 is 22.7 Å². The van der Waals surface area contributed by atoms with Crippen molar-refractivity contribution in [2.24, 2.45) is 0 Å². The molecular formula is C25H26ClN3O5S. The van der Waals surface area contributed by atoms with Crippen molar-refractivity contribution in [2.45, 2.75) is 25.8 Å². The van der Waals surface area contributed by atoms with Gasteiger partial charge < -0.3 is 10.1 Å². The van der Waals surface area contributed by atoms with E-state index in [1.807, 2.05) is 48.5 Å². The summed E-state index contributed by atoms with van der Waals surface area (Å²) in [5.74, 6) is -0.751. The summed E-state index contributed by atoms with van der Waals surface area (Å²) >= 11 is 6.09. The molecule has 1 heterocycles. The Balaban J connectivity index is 1.72. The molecule has 1 atom stereocenters. The summed E-state index contributed by atoms with van der Waals surface area (Å²) in [5, 5.41) is 3.51. The van der Waals surface area contributed by atoms with Crippen molar-refractivity contribution in [3.63, 3.8) is 0 Å². The lowest BCUT2D eigenvalue weighted by Crippen LogP contribution is -2.38. The summed E-state index contributed by atoms with van der Waals surface area (Å²) in [5.41, 5.74) is 3.14. The van der Waals surface area contributed by atoms with Crippen LogP contribution in [0.25, 0.3) is 11.1 Å². The molecule has 1 unspecified atom stereocenters. The Morgan fingerprint density at radius 1 is 1.06 bits per heavy atom. The normalized spacial score (nSPS) is 12.0. The summed E-state index contributed by atoms with van der Waals surface area (Å²) in [6, 6.07) is 17.7. The maximum atomic E-state index is 12.8. The van der Waals surface area contributed by atoms with E-state index in [1.54, 1.807) is 6.92 Å². The molecule has 184 valence electrons. The topological polar surface area (TPSA) is 114 Å². The second-order valence-corrected chi connectivity index (χ2v) is 10.1. The molecule has 0 saturated carbocycles. The molecule has 0 aliphatic carbocycles. The van der Waals surface area contributed by atoms with Crippen LogP contribution in [0.5, 0.6) is 0 Å². The lowest BCUT2D eigenvalue weighted by atomic mass is 9.99. The van der Waals surface area contributed by atoms with Crippen molar-refractivity contribution in [2.75, 3.05) is 17.6 Å². The van der Waals surface area contributed by atoms with Crippen LogP contribution in [0.1, 0.15) is 29.3 Å². The number of carbonyl (C=O) groups is 2. The number of carbonyl (C=O) groups excluding carboxylic acids is 2. The van der Waals surface area contributed by atoms with Gasteiger partial charge in [0.15, 0.2) is 0 Å². The molecule has 0 bridgehead atoms. The van der Waals surface area contributed by atoms with Crippen molar-refractivity contribution in [3.05, 3.63) is 83.0 Å². The highest BCUT2D eigenvalue weighted by atomic mass is 35.5. The number of ether oxygens (including phenoxy) is 1. The first kappa shape index (κ1) is 26.2. The molecule has 10 heteroatoms. The Morgan fingerprint density at radius 3 is 2.40 bits per heavy atom. The van der Waals surface area contributed by atoms with Gasteiger partial charge in [0.2, 0.25) is 10.0 Å². The Bertz CT molecular complexity index is 1280. The van der Waals surface area contributed by atoms with E-state index >= 15 is 0 Å². The summed E-state index contributed by atoms with van der Waals surface area (Å²) in [6.07, 6.45) is 2.68. The van der Waals surface area contributed by atoms with Crippen LogP contribution in [-0.2, 0) is 26.0 Å². The SMILES string of the molecule is CCOC(=O)CC(Cc1ccc(-c2cccc(Cl)c2)cc1)NC(=O)c1ccc(NS(C)(=O)=O)nc1. The molecule has 2 aromatic carbocycles. The number of hydrogen-bond donors (Lipinski definition) is 2. The fourth-order valence-corrected chi connectivity index (χ4v) is 4.12. The Morgan fingerprint density at radius 2 is 1.80 bits per heavy atom. The van der Waals surface area contributed by atoms with Crippen LogP contribution in [0.2, 0.25) is 5.02 Å². The van der Waals surface area contributed by atoms with Crippen molar-refractivity contribution in [3.8, 4) is 11.1 Å². The third-order valence-corrected chi connectivity index (χ3v) is 5.78. The van der Waals surface area contributed by atoms with Crippen molar-refractivity contribution in [1.82, 2.24) is 10.3 Å². The zero-order valence-electron chi connectivity index (χ0n) is 19.3. The van der Waals surface area contributed by atoms with E-state index in [1.165, 1.54) is 18.3 Å². The van der Waals surface area contributed by atoms with Crippen LogP contribution in [0.4, 0.5) is 5.82 Å². The minimum absolute atomic E-state index is 0.00320. The van der Waals surface area contributed by atoms with Gasteiger partial charge >= 0.3 is 5.97 Å². The number of halogens is 1.